The first-order valence-corrected chi connectivity index (χ1v) is 14.0. The van der Waals surface area contributed by atoms with Gasteiger partial charge in [-0.15, -0.1) is 0 Å². The largest absolute Gasteiger partial charge is 0.496 e. The molecule has 7 heteroatoms. The number of rotatable bonds is 10. The zero-order valence-corrected chi connectivity index (χ0v) is 24.1. The summed E-state index contributed by atoms with van der Waals surface area (Å²) in [6.45, 7) is 0.224. The molecule has 0 bridgehead atoms. The fourth-order valence-electron chi connectivity index (χ4n) is 5.02. The number of allylic oxidation sites excluding steroid dienone is 2. The number of Topliss-reactive ketones (excluding diaryl/α,β-unsaturated/α-hetero) is 1. The summed E-state index contributed by atoms with van der Waals surface area (Å²) in [5.74, 6) is 0.664. The highest BCUT2D eigenvalue weighted by molar-refractivity contribution is 6.14. The van der Waals surface area contributed by atoms with E-state index in [0.717, 1.165) is 28.7 Å². The third kappa shape index (κ3) is 7.30. The van der Waals surface area contributed by atoms with Crippen LogP contribution < -0.4 is 18.9 Å². The van der Waals surface area contributed by atoms with Crippen molar-refractivity contribution in [1.82, 2.24) is 0 Å². The van der Waals surface area contributed by atoms with Gasteiger partial charge in [0.2, 0.25) is 0 Å². The maximum Gasteiger partial charge on any atom is 0.185 e. The van der Waals surface area contributed by atoms with Crippen molar-refractivity contribution < 1.29 is 32.5 Å². The van der Waals surface area contributed by atoms with Gasteiger partial charge in [-0.25, -0.2) is 8.78 Å². The van der Waals surface area contributed by atoms with Gasteiger partial charge in [0.25, 0.3) is 0 Å². The number of ketones is 1. The van der Waals surface area contributed by atoms with E-state index in [1.807, 2.05) is 48.6 Å². The minimum Gasteiger partial charge on any atom is -0.496 e. The van der Waals surface area contributed by atoms with Crippen molar-refractivity contribution >= 4 is 17.9 Å². The van der Waals surface area contributed by atoms with Gasteiger partial charge in [0.15, 0.2) is 28.9 Å². The lowest BCUT2D eigenvalue weighted by atomic mass is 9.86. The number of methoxy groups -OCH3 is 2. The normalized spacial score (nSPS) is 15.0. The lowest BCUT2D eigenvalue weighted by molar-refractivity contribution is -0.112. The Kier molecular flexibility index (Phi) is 9.52. The molecule has 5 nitrogen and oxygen atoms in total. The van der Waals surface area contributed by atoms with Crippen LogP contribution in [0.15, 0.2) is 96.1 Å². The molecule has 1 aliphatic carbocycles. The summed E-state index contributed by atoms with van der Waals surface area (Å²) in [7, 11) is 3.14. The Morgan fingerprint density at radius 3 is 1.49 bits per heavy atom. The number of benzene rings is 4. The predicted molar refractivity (Wildman–Crippen MR) is 162 cm³/mol. The number of carbonyl (C=O) groups excluding carboxylic acids is 1. The van der Waals surface area contributed by atoms with Crippen molar-refractivity contribution in [3.8, 4) is 23.0 Å². The summed E-state index contributed by atoms with van der Waals surface area (Å²) >= 11 is 0. The first-order valence-electron chi connectivity index (χ1n) is 14.0. The second-order valence-corrected chi connectivity index (χ2v) is 10.1. The Hall–Kier alpha value is -4.91. The third-order valence-electron chi connectivity index (χ3n) is 7.21. The number of ether oxygens (including phenoxy) is 4. The molecule has 1 fully saturated rings. The molecule has 0 aromatic heterocycles. The van der Waals surface area contributed by atoms with E-state index >= 15 is 0 Å². The molecular weight excluding hydrogens is 550 g/mol. The number of hydrogen-bond acceptors (Lipinski definition) is 5. The van der Waals surface area contributed by atoms with Crippen LogP contribution in [0, 0.1) is 11.6 Å². The summed E-state index contributed by atoms with van der Waals surface area (Å²) in [6.07, 6.45) is 5.94. The number of para-hydroxylation sites is 2. The van der Waals surface area contributed by atoms with Crippen molar-refractivity contribution in [3.05, 3.63) is 130 Å². The van der Waals surface area contributed by atoms with Gasteiger partial charge in [0.1, 0.15) is 24.7 Å². The quantitative estimate of drug-likeness (QED) is 0.176. The van der Waals surface area contributed by atoms with Gasteiger partial charge in [-0.3, -0.25) is 4.79 Å². The zero-order valence-electron chi connectivity index (χ0n) is 24.1. The number of halogens is 2. The van der Waals surface area contributed by atoms with Gasteiger partial charge in [-0.1, -0.05) is 36.4 Å². The van der Waals surface area contributed by atoms with E-state index in [1.165, 1.54) is 12.1 Å². The molecule has 4 aromatic carbocycles. The molecule has 0 saturated heterocycles. The van der Waals surface area contributed by atoms with Crippen LogP contribution in [-0.4, -0.2) is 20.0 Å². The van der Waals surface area contributed by atoms with Crippen molar-refractivity contribution in [2.75, 3.05) is 14.2 Å². The SMILES string of the molecule is COc1ccc(/C=C2\CCC/C(=C\c3ccc(OC)c(COc4ccccc4F)c3)C2=O)cc1COc1ccccc1F. The monoisotopic (exact) mass is 582 g/mol. The van der Waals surface area contributed by atoms with Gasteiger partial charge in [0, 0.05) is 22.3 Å². The van der Waals surface area contributed by atoms with Crippen LogP contribution in [0.2, 0.25) is 0 Å². The van der Waals surface area contributed by atoms with Crippen LogP contribution in [0.4, 0.5) is 8.78 Å². The highest BCUT2D eigenvalue weighted by atomic mass is 19.1. The van der Waals surface area contributed by atoms with Gasteiger partial charge in [0.05, 0.1) is 14.2 Å². The van der Waals surface area contributed by atoms with Gasteiger partial charge in [-0.2, -0.15) is 0 Å². The van der Waals surface area contributed by atoms with E-state index in [-0.39, 0.29) is 30.5 Å². The maximum atomic E-state index is 14.0. The average Bonchev–Trinajstić information content (AvgIpc) is 3.02. The van der Waals surface area contributed by atoms with Crippen LogP contribution in [0.3, 0.4) is 0 Å². The fraction of sp³-hybridized carbons (Fsp3) is 0.194. The van der Waals surface area contributed by atoms with Gasteiger partial charge in [-0.05, 0) is 91.1 Å². The molecule has 0 radical (unpaired) electrons. The van der Waals surface area contributed by atoms with Crippen LogP contribution in [0.5, 0.6) is 23.0 Å². The molecule has 4 aromatic rings. The molecule has 5 rings (SSSR count). The molecule has 0 spiro atoms. The van der Waals surface area contributed by atoms with Crippen molar-refractivity contribution in [3.63, 3.8) is 0 Å². The van der Waals surface area contributed by atoms with E-state index < -0.39 is 11.6 Å². The molecular formula is C36H32F2O5. The Bertz CT molecular complexity index is 1550. The highest BCUT2D eigenvalue weighted by Crippen LogP contribution is 2.31. The lowest BCUT2D eigenvalue weighted by Gasteiger charge is -2.18. The van der Waals surface area contributed by atoms with Crippen LogP contribution in [0.1, 0.15) is 41.5 Å². The Labute approximate surface area is 250 Å². The minimum absolute atomic E-state index is 0.00815. The second kappa shape index (κ2) is 13.8. The first kappa shape index (κ1) is 29.6. The molecule has 0 amide bonds. The topological polar surface area (TPSA) is 54.0 Å². The maximum absolute atomic E-state index is 14.0. The molecule has 220 valence electrons. The predicted octanol–water partition coefficient (Wildman–Crippen LogP) is 8.36. The fourth-order valence-corrected chi connectivity index (χ4v) is 5.02. The van der Waals surface area contributed by atoms with E-state index in [2.05, 4.69) is 0 Å². The van der Waals surface area contributed by atoms with E-state index in [9.17, 15) is 13.6 Å². The Morgan fingerprint density at radius 2 is 1.07 bits per heavy atom. The molecule has 43 heavy (non-hydrogen) atoms. The van der Waals surface area contributed by atoms with Crippen LogP contribution in [0.25, 0.3) is 12.2 Å². The minimum atomic E-state index is -0.437. The van der Waals surface area contributed by atoms with E-state index in [1.54, 1.807) is 50.6 Å². The lowest BCUT2D eigenvalue weighted by Crippen LogP contribution is -2.12. The average molecular weight is 583 g/mol. The Morgan fingerprint density at radius 1 is 0.628 bits per heavy atom. The second-order valence-electron chi connectivity index (χ2n) is 10.1. The van der Waals surface area contributed by atoms with Crippen molar-refractivity contribution in [1.29, 1.82) is 0 Å². The first-order chi connectivity index (χ1) is 20.9. The molecule has 0 unspecified atom stereocenters. The summed E-state index contributed by atoms with van der Waals surface area (Å²) < 4.78 is 50.5. The summed E-state index contributed by atoms with van der Waals surface area (Å²) in [4.78, 5) is 13.5. The van der Waals surface area contributed by atoms with Crippen molar-refractivity contribution in [2.24, 2.45) is 0 Å². The van der Waals surface area contributed by atoms with E-state index in [0.29, 0.717) is 35.5 Å². The molecule has 1 aliphatic rings. The molecule has 0 aliphatic heterocycles. The highest BCUT2D eigenvalue weighted by Gasteiger charge is 2.21. The number of hydrogen-bond donors (Lipinski definition) is 0. The van der Waals surface area contributed by atoms with Gasteiger partial charge >= 0.3 is 0 Å². The van der Waals surface area contributed by atoms with Crippen LogP contribution in [-0.2, 0) is 18.0 Å². The smallest absolute Gasteiger partial charge is 0.185 e. The standard InChI is InChI=1S/C36H32F2O5/c1-40-32-16-14-24(20-28(32)22-42-34-12-5-3-10-30(34)37)18-26-8-7-9-27(36(26)39)19-25-15-17-33(41-2)29(21-25)23-43-35-13-6-4-11-31(35)38/h3-6,10-21H,7-9,22-23H2,1-2H3/b26-18+,27-19+. The van der Waals surface area contributed by atoms with E-state index in [4.69, 9.17) is 18.9 Å². The summed E-state index contributed by atoms with van der Waals surface area (Å²) in [6, 6.07) is 23.7. The summed E-state index contributed by atoms with van der Waals surface area (Å²) in [5.41, 5.74) is 4.55. The molecule has 0 atom stereocenters. The van der Waals surface area contributed by atoms with Crippen molar-refractivity contribution in [2.45, 2.75) is 32.5 Å². The van der Waals surface area contributed by atoms with Gasteiger partial charge < -0.3 is 18.9 Å². The summed E-state index contributed by atoms with van der Waals surface area (Å²) in [5, 5.41) is 0. The number of carbonyl (C=O) groups is 1. The van der Waals surface area contributed by atoms with Crippen LogP contribution >= 0.6 is 0 Å². The molecule has 1 saturated carbocycles. The zero-order chi connectivity index (χ0) is 30.2. The third-order valence-corrected chi connectivity index (χ3v) is 7.21. The molecule has 0 heterocycles. The molecule has 0 N–H and O–H groups in total. The Balaban J connectivity index is 1.34.